The lowest BCUT2D eigenvalue weighted by Gasteiger charge is -2.10. The lowest BCUT2D eigenvalue weighted by molar-refractivity contribution is -0.137. The molecular weight excluding hydrogens is 337 g/mol. The van der Waals surface area contributed by atoms with Crippen molar-refractivity contribution in [2.24, 2.45) is 0 Å². The normalized spacial score (nSPS) is 10.8. The minimum Gasteiger partial charge on any atom is -0.457 e. The van der Waals surface area contributed by atoms with Crippen LogP contribution in [0, 0.1) is 0 Å². The van der Waals surface area contributed by atoms with Crippen molar-refractivity contribution in [1.29, 1.82) is 0 Å². The summed E-state index contributed by atoms with van der Waals surface area (Å²) in [5, 5.41) is 3.92. The first-order chi connectivity index (χ1) is 11.8. The van der Waals surface area contributed by atoms with Gasteiger partial charge in [0.2, 0.25) is 5.91 Å². The first-order valence-electron chi connectivity index (χ1n) is 7.28. The topological polar surface area (TPSA) is 67.4 Å². The molecule has 2 aromatic carbocycles. The quantitative estimate of drug-likeness (QED) is 0.840. The van der Waals surface area contributed by atoms with Gasteiger partial charge in [0.15, 0.2) is 0 Å². The average molecular weight is 352 g/mol. The molecule has 2 N–H and O–H groups in total. The number of para-hydroxylation sites is 1. The Kier molecular flexibility index (Phi) is 5.99. The number of halogens is 3. The van der Waals surface area contributed by atoms with Crippen molar-refractivity contribution in [3.8, 4) is 11.5 Å². The Morgan fingerprint density at radius 3 is 2.28 bits per heavy atom. The molecule has 0 aliphatic carbocycles. The number of alkyl halides is 3. The highest BCUT2D eigenvalue weighted by atomic mass is 19.4. The molecule has 0 bridgehead atoms. The maximum absolute atomic E-state index is 12.0. The Bertz CT molecular complexity index is 733. The van der Waals surface area contributed by atoms with E-state index in [9.17, 15) is 22.8 Å². The third kappa shape index (κ3) is 6.54. The van der Waals surface area contributed by atoms with Gasteiger partial charge < -0.3 is 15.4 Å². The number of rotatable bonds is 6. The average Bonchev–Trinajstić information content (AvgIpc) is 2.58. The van der Waals surface area contributed by atoms with Crippen molar-refractivity contribution < 1.29 is 27.5 Å². The molecule has 0 aromatic heterocycles. The van der Waals surface area contributed by atoms with Crippen LogP contribution < -0.4 is 15.4 Å². The number of ether oxygens (including phenoxy) is 1. The first-order valence-corrected chi connectivity index (χ1v) is 7.28. The molecule has 2 aromatic rings. The van der Waals surface area contributed by atoms with Gasteiger partial charge in [-0.2, -0.15) is 13.2 Å². The Morgan fingerprint density at radius 2 is 1.60 bits per heavy atom. The van der Waals surface area contributed by atoms with E-state index in [0.717, 1.165) is 0 Å². The second-order valence-electron chi connectivity index (χ2n) is 5.02. The summed E-state index contributed by atoms with van der Waals surface area (Å²) in [5.41, 5.74) is 0.219. The molecule has 0 atom stereocenters. The monoisotopic (exact) mass is 352 g/mol. The molecular formula is C17H15F3N2O3. The Labute approximate surface area is 141 Å². The molecule has 0 aliphatic heterocycles. The molecule has 0 radical (unpaired) electrons. The highest BCUT2D eigenvalue weighted by Gasteiger charge is 2.27. The Balaban J connectivity index is 1.89. The molecule has 0 saturated heterocycles. The third-order valence-corrected chi connectivity index (χ3v) is 2.97. The zero-order valence-corrected chi connectivity index (χ0v) is 13.0. The molecule has 2 amide bonds. The molecule has 25 heavy (non-hydrogen) atoms. The minimum atomic E-state index is -4.50. The van der Waals surface area contributed by atoms with Crippen molar-refractivity contribution in [1.82, 2.24) is 10.6 Å². The molecule has 0 unspecified atom stereocenters. The van der Waals surface area contributed by atoms with Gasteiger partial charge in [-0.3, -0.25) is 9.59 Å². The van der Waals surface area contributed by atoms with E-state index in [-0.39, 0.29) is 5.56 Å². The van der Waals surface area contributed by atoms with Crippen LogP contribution in [-0.4, -0.2) is 31.1 Å². The Morgan fingerprint density at radius 1 is 0.920 bits per heavy atom. The van der Waals surface area contributed by atoms with E-state index in [1.807, 2.05) is 6.07 Å². The Hall–Kier alpha value is -3.03. The summed E-state index contributed by atoms with van der Waals surface area (Å²) in [7, 11) is 0. The number of amides is 2. The minimum absolute atomic E-state index is 0.219. The molecule has 0 saturated carbocycles. The summed E-state index contributed by atoms with van der Waals surface area (Å²) in [5.74, 6) is -0.519. The second kappa shape index (κ2) is 8.18. The molecule has 0 spiro atoms. The highest BCUT2D eigenvalue weighted by molar-refractivity contribution is 5.96. The van der Waals surface area contributed by atoms with Gasteiger partial charge in [-0.05, 0) is 30.3 Å². The summed E-state index contributed by atoms with van der Waals surface area (Å²) < 4.78 is 41.5. The third-order valence-electron chi connectivity index (χ3n) is 2.97. The van der Waals surface area contributed by atoms with Crippen LogP contribution in [0.4, 0.5) is 13.2 Å². The molecule has 0 fully saturated rings. The number of benzene rings is 2. The summed E-state index contributed by atoms with van der Waals surface area (Å²) in [4.78, 5) is 23.3. The van der Waals surface area contributed by atoms with Gasteiger partial charge in [-0.1, -0.05) is 24.3 Å². The van der Waals surface area contributed by atoms with E-state index in [2.05, 4.69) is 5.32 Å². The van der Waals surface area contributed by atoms with E-state index >= 15 is 0 Å². The van der Waals surface area contributed by atoms with Crippen LogP contribution in [0.15, 0.2) is 54.6 Å². The van der Waals surface area contributed by atoms with Crippen LogP contribution in [0.5, 0.6) is 11.5 Å². The van der Waals surface area contributed by atoms with Gasteiger partial charge in [0.1, 0.15) is 18.0 Å². The predicted molar refractivity (Wildman–Crippen MR) is 84.4 cm³/mol. The molecule has 5 nitrogen and oxygen atoms in total. The van der Waals surface area contributed by atoms with E-state index in [1.54, 1.807) is 41.7 Å². The zero-order chi connectivity index (χ0) is 18.3. The van der Waals surface area contributed by atoms with E-state index in [1.165, 1.54) is 12.1 Å². The van der Waals surface area contributed by atoms with Gasteiger partial charge in [-0.25, -0.2) is 0 Å². The largest absolute Gasteiger partial charge is 0.457 e. The fraction of sp³-hybridized carbons (Fsp3) is 0.176. The number of hydrogen-bond acceptors (Lipinski definition) is 3. The van der Waals surface area contributed by atoms with Gasteiger partial charge in [0, 0.05) is 5.56 Å². The van der Waals surface area contributed by atoms with Crippen molar-refractivity contribution in [3.05, 3.63) is 60.2 Å². The summed E-state index contributed by atoms with van der Waals surface area (Å²) >= 11 is 0. The number of carbonyl (C=O) groups is 2. The van der Waals surface area contributed by atoms with Crippen molar-refractivity contribution in [2.75, 3.05) is 13.1 Å². The molecule has 0 aliphatic rings. The predicted octanol–water partition coefficient (Wildman–Crippen LogP) is 2.89. The van der Waals surface area contributed by atoms with Crippen molar-refractivity contribution in [3.63, 3.8) is 0 Å². The first kappa shape index (κ1) is 18.3. The summed E-state index contributed by atoms with van der Waals surface area (Å²) in [6.07, 6.45) is -4.50. The SMILES string of the molecule is O=C(CNC(=O)c1cccc(Oc2ccccc2)c1)NCC(F)(F)F. The molecule has 8 heteroatoms. The number of carbonyl (C=O) groups excluding carboxylic acids is 2. The smallest absolute Gasteiger partial charge is 0.405 e. The number of hydrogen-bond donors (Lipinski definition) is 2. The summed E-state index contributed by atoms with van der Waals surface area (Å²) in [6, 6.07) is 15.1. The van der Waals surface area contributed by atoms with Crippen LogP contribution in [0.25, 0.3) is 0 Å². The van der Waals surface area contributed by atoms with Crippen LogP contribution >= 0.6 is 0 Å². The lowest BCUT2D eigenvalue weighted by atomic mass is 10.2. The fourth-order valence-corrected chi connectivity index (χ4v) is 1.85. The molecule has 2 rings (SSSR count). The van der Waals surface area contributed by atoms with Gasteiger partial charge in [0.25, 0.3) is 5.91 Å². The molecule has 132 valence electrons. The van der Waals surface area contributed by atoms with E-state index < -0.39 is 31.1 Å². The fourth-order valence-electron chi connectivity index (χ4n) is 1.85. The van der Waals surface area contributed by atoms with Crippen LogP contribution in [0.3, 0.4) is 0 Å². The van der Waals surface area contributed by atoms with Crippen molar-refractivity contribution >= 4 is 11.8 Å². The lowest BCUT2D eigenvalue weighted by Crippen LogP contribution is -2.40. The van der Waals surface area contributed by atoms with Crippen molar-refractivity contribution in [2.45, 2.75) is 6.18 Å². The second-order valence-corrected chi connectivity index (χ2v) is 5.02. The maximum Gasteiger partial charge on any atom is 0.405 e. The van der Waals surface area contributed by atoms with Gasteiger partial charge in [0.05, 0.1) is 6.54 Å². The maximum atomic E-state index is 12.0. The zero-order valence-electron chi connectivity index (χ0n) is 13.0. The van der Waals surface area contributed by atoms with E-state index in [4.69, 9.17) is 4.74 Å². The summed E-state index contributed by atoms with van der Waals surface area (Å²) in [6.45, 7) is -2.00. The van der Waals surface area contributed by atoms with Crippen LogP contribution in [0.1, 0.15) is 10.4 Å². The van der Waals surface area contributed by atoms with E-state index in [0.29, 0.717) is 11.5 Å². The highest BCUT2D eigenvalue weighted by Crippen LogP contribution is 2.21. The van der Waals surface area contributed by atoms with Gasteiger partial charge in [-0.15, -0.1) is 0 Å². The standard InChI is InChI=1S/C17H15F3N2O3/c18-17(19,20)11-22-15(23)10-21-16(24)12-5-4-8-14(9-12)25-13-6-2-1-3-7-13/h1-9H,10-11H2,(H,21,24)(H,22,23). The molecule has 0 heterocycles. The van der Waals surface area contributed by atoms with Crippen LogP contribution in [-0.2, 0) is 4.79 Å². The van der Waals surface area contributed by atoms with Gasteiger partial charge >= 0.3 is 6.18 Å². The van der Waals surface area contributed by atoms with Crippen LogP contribution in [0.2, 0.25) is 0 Å². The number of nitrogens with one attached hydrogen (secondary N) is 2.